The van der Waals surface area contributed by atoms with E-state index in [1.54, 1.807) is 0 Å². The molecule has 0 aromatic carbocycles. The van der Waals surface area contributed by atoms with Crippen molar-refractivity contribution >= 4 is 28.9 Å². The van der Waals surface area contributed by atoms with Crippen LogP contribution < -0.4 is 0 Å². The number of carboxylic acid groups (broad SMARTS) is 2. The van der Waals surface area contributed by atoms with E-state index in [2.05, 4.69) is 17.1 Å². The lowest BCUT2D eigenvalue weighted by Crippen LogP contribution is -2.37. The van der Waals surface area contributed by atoms with E-state index >= 15 is 0 Å². The summed E-state index contributed by atoms with van der Waals surface area (Å²) < 4.78 is 0. The largest absolute Gasteiger partial charge is 0.481 e. The first-order chi connectivity index (χ1) is 11.1. The van der Waals surface area contributed by atoms with E-state index in [-0.39, 0.29) is 6.04 Å². The van der Waals surface area contributed by atoms with Crippen LogP contribution in [0.1, 0.15) is 44.9 Å². The van der Waals surface area contributed by atoms with Gasteiger partial charge in [-0.25, -0.2) is 0 Å². The van der Waals surface area contributed by atoms with Crippen LogP contribution in [0.5, 0.6) is 0 Å². The summed E-state index contributed by atoms with van der Waals surface area (Å²) in [7, 11) is 0. The quantitative estimate of drug-likeness (QED) is 0.454. The molecule has 7 heteroatoms. The van der Waals surface area contributed by atoms with Crippen LogP contribution in [-0.2, 0) is 9.59 Å². The lowest BCUT2D eigenvalue weighted by molar-refractivity contribution is -0.142. The summed E-state index contributed by atoms with van der Waals surface area (Å²) in [5.74, 6) is -2.19. The van der Waals surface area contributed by atoms with Crippen molar-refractivity contribution in [3.8, 4) is 0 Å². The normalized spacial score (nSPS) is 23.6. The third-order valence-corrected chi connectivity index (χ3v) is 5.24. The predicted octanol–water partition coefficient (Wildman–Crippen LogP) is 2.60. The smallest absolute Gasteiger partial charge is 0.317 e. The number of hydrogen-bond acceptors (Lipinski definition) is 4. The summed E-state index contributed by atoms with van der Waals surface area (Å²) in [6, 6.07) is 0.0763. The van der Waals surface area contributed by atoms with E-state index in [1.807, 2.05) is 0 Å². The Labute approximate surface area is 140 Å². The molecule has 0 amide bonds. The maximum atomic E-state index is 11.4. The first-order valence-corrected chi connectivity index (χ1v) is 9.05. The summed E-state index contributed by atoms with van der Waals surface area (Å²) in [5, 5.41) is 17.9. The molecule has 128 valence electrons. The second-order valence-corrected chi connectivity index (χ2v) is 7.10. The molecule has 0 bridgehead atoms. The van der Waals surface area contributed by atoms with Crippen LogP contribution in [0.2, 0.25) is 0 Å². The van der Waals surface area contributed by atoms with Crippen molar-refractivity contribution in [2.75, 3.05) is 13.1 Å². The van der Waals surface area contributed by atoms with Gasteiger partial charge in [0, 0.05) is 13.1 Å². The molecule has 2 rings (SSSR count). The Morgan fingerprint density at radius 2 is 1.96 bits per heavy atom. The summed E-state index contributed by atoms with van der Waals surface area (Å²) in [6.07, 6.45) is 10.2. The van der Waals surface area contributed by atoms with Crippen LogP contribution in [0.3, 0.4) is 0 Å². The van der Waals surface area contributed by atoms with Gasteiger partial charge in [0.2, 0.25) is 0 Å². The van der Waals surface area contributed by atoms with Crippen LogP contribution >= 0.6 is 11.8 Å². The Morgan fingerprint density at radius 1 is 1.22 bits per heavy atom. The molecule has 1 heterocycles. The number of carbonyl (C=O) groups is 2. The number of aliphatic carboxylic acids is 2. The van der Waals surface area contributed by atoms with Gasteiger partial charge in [-0.1, -0.05) is 23.9 Å². The highest BCUT2D eigenvalue weighted by Gasteiger charge is 2.27. The van der Waals surface area contributed by atoms with Crippen LogP contribution in [0.25, 0.3) is 0 Å². The Hall–Kier alpha value is -1.50. The highest BCUT2D eigenvalue weighted by atomic mass is 32.2. The average Bonchev–Trinajstić information content (AvgIpc) is 2.54. The monoisotopic (exact) mass is 340 g/mol. The molecule has 0 spiro atoms. The highest BCUT2D eigenvalue weighted by molar-refractivity contribution is 8.14. The van der Waals surface area contributed by atoms with Crippen LogP contribution in [0.4, 0.5) is 0 Å². The molecule has 23 heavy (non-hydrogen) atoms. The number of amidine groups is 1. The number of rotatable bonds is 5. The number of hydrogen-bond donors (Lipinski definition) is 2. The van der Waals surface area contributed by atoms with Gasteiger partial charge in [0.25, 0.3) is 0 Å². The zero-order valence-corrected chi connectivity index (χ0v) is 14.0. The van der Waals surface area contributed by atoms with Gasteiger partial charge < -0.3 is 15.1 Å². The minimum absolute atomic E-state index is 0.0763. The summed E-state index contributed by atoms with van der Waals surface area (Å²) in [6.45, 7) is 1.73. The molecule has 0 aromatic heterocycles. The van der Waals surface area contributed by atoms with E-state index in [1.165, 1.54) is 6.42 Å². The third-order valence-electron chi connectivity index (χ3n) is 4.01. The number of likely N-dealkylation sites (tertiary alicyclic amines) is 1. The lowest BCUT2D eigenvalue weighted by atomic mass is 10.0. The van der Waals surface area contributed by atoms with Gasteiger partial charge in [0.05, 0.1) is 12.5 Å². The number of aliphatic imine (C=N–C) groups is 1. The lowest BCUT2D eigenvalue weighted by Gasteiger charge is -2.31. The van der Waals surface area contributed by atoms with Crippen molar-refractivity contribution in [1.29, 1.82) is 0 Å². The van der Waals surface area contributed by atoms with Crippen LogP contribution in [0, 0.1) is 0 Å². The zero-order chi connectivity index (χ0) is 16.7. The van der Waals surface area contributed by atoms with Crippen molar-refractivity contribution in [1.82, 2.24) is 4.90 Å². The zero-order valence-electron chi connectivity index (χ0n) is 13.2. The number of nitrogens with zero attached hydrogens (tertiary/aromatic N) is 2. The van der Waals surface area contributed by atoms with E-state index in [4.69, 9.17) is 10.1 Å². The Bertz CT molecular complexity index is 486. The molecule has 0 unspecified atom stereocenters. The Morgan fingerprint density at radius 3 is 2.52 bits per heavy atom. The highest BCUT2D eigenvalue weighted by Crippen LogP contribution is 2.25. The number of carboxylic acids is 2. The number of piperidine rings is 1. The molecule has 2 atom stereocenters. The molecule has 0 aromatic rings. The first-order valence-electron chi connectivity index (χ1n) is 8.17. The minimum Gasteiger partial charge on any atom is -0.481 e. The first kappa shape index (κ1) is 17.8. The van der Waals surface area contributed by atoms with Gasteiger partial charge in [-0.05, 0) is 38.5 Å². The minimum atomic E-state index is -1.10. The van der Waals surface area contributed by atoms with Crippen molar-refractivity contribution in [2.45, 2.75) is 56.2 Å². The Kier molecular flexibility index (Phi) is 6.95. The number of allylic oxidation sites excluding steroid dienone is 1. The summed E-state index contributed by atoms with van der Waals surface area (Å²) >= 11 is 1.09. The van der Waals surface area contributed by atoms with Gasteiger partial charge in [0.15, 0.2) is 5.17 Å². The molecule has 6 nitrogen and oxygen atoms in total. The maximum Gasteiger partial charge on any atom is 0.317 e. The van der Waals surface area contributed by atoms with Crippen molar-refractivity contribution in [2.24, 2.45) is 4.99 Å². The van der Waals surface area contributed by atoms with Gasteiger partial charge in [-0.3, -0.25) is 14.6 Å². The number of thioether (sulfide) groups is 1. The fourth-order valence-electron chi connectivity index (χ4n) is 2.78. The van der Waals surface area contributed by atoms with Crippen molar-refractivity contribution in [3.05, 3.63) is 12.2 Å². The van der Waals surface area contributed by atoms with Crippen LogP contribution in [0.15, 0.2) is 17.1 Å². The van der Waals surface area contributed by atoms with E-state index in [9.17, 15) is 14.7 Å². The molecule has 0 saturated carbocycles. The topological polar surface area (TPSA) is 90.2 Å². The van der Waals surface area contributed by atoms with Gasteiger partial charge in [0.1, 0.15) is 5.25 Å². The SMILES string of the molecule is O=C(O)C[C@H](SC(=N[C@H]1C=CCCC1)N1CCCCC1)C(=O)O. The molecular weight excluding hydrogens is 316 g/mol. The summed E-state index contributed by atoms with van der Waals surface area (Å²) in [5.41, 5.74) is 0. The molecule has 1 aliphatic heterocycles. The van der Waals surface area contributed by atoms with E-state index < -0.39 is 23.6 Å². The fourth-order valence-corrected chi connectivity index (χ4v) is 3.89. The molecule has 2 aliphatic rings. The van der Waals surface area contributed by atoms with Crippen molar-refractivity contribution in [3.63, 3.8) is 0 Å². The fraction of sp³-hybridized carbons (Fsp3) is 0.688. The molecule has 1 fully saturated rings. The van der Waals surface area contributed by atoms with Gasteiger partial charge >= 0.3 is 11.9 Å². The third kappa shape index (κ3) is 5.89. The molecular formula is C16H24N2O4S. The molecule has 0 radical (unpaired) electrons. The van der Waals surface area contributed by atoms with Gasteiger partial charge in [-0.2, -0.15) is 0 Å². The molecule has 1 saturated heterocycles. The van der Waals surface area contributed by atoms with Crippen molar-refractivity contribution < 1.29 is 19.8 Å². The van der Waals surface area contributed by atoms with Gasteiger partial charge in [-0.15, -0.1) is 0 Å². The maximum absolute atomic E-state index is 11.4. The van der Waals surface area contributed by atoms with Crippen LogP contribution in [-0.4, -0.2) is 56.6 Å². The molecule has 1 aliphatic carbocycles. The summed E-state index contributed by atoms with van der Waals surface area (Å²) in [4.78, 5) is 29.2. The predicted molar refractivity (Wildman–Crippen MR) is 90.9 cm³/mol. The second-order valence-electron chi connectivity index (χ2n) is 5.93. The average molecular weight is 340 g/mol. The molecule has 2 N–H and O–H groups in total. The second kappa shape index (κ2) is 8.96. The standard InChI is InChI=1S/C16H24N2O4S/c19-14(20)11-13(15(21)22)23-16(18-9-5-2-6-10-18)17-12-7-3-1-4-8-12/h3,7,12-13H,1-2,4-6,8-11H2,(H,19,20)(H,21,22)/t12-,13-/m0/s1. The van der Waals surface area contributed by atoms with E-state index in [0.29, 0.717) is 5.17 Å². The van der Waals surface area contributed by atoms with E-state index in [0.717, 1.165) is 57.0 Å². The Balaban J connectivity index is 2.15.